The van der Waals surface area contributed by atoms with Gasteiger partial charge < -0.3 is 30.1 Å². The summed E-state index contributed by atoms with van der Waals surface area (Å²) in [5.74, 6) is -0.850. The van der Waals surface area contributed by atoms with Gasteiger partial charge in [0.05, 0.1) is 25.5 Å². The molecule has 0 aliphatic carbocycles. The second kappa shape index (κ2) is 8.44. The van der Waals surface area contributed by atoms with Crippen molar-refractivity contribution in [2.24, 2.45) is 7.05 Å². The second-order valence-electron chi connectivity index (χ2n) is 6.37. The third kappa shape index (κ3) is 5.09. The highest BCUT2D eigenvalue weighted by molar-refractivity contribution is 5.34. The number of alkyl halides is 3. The van der Waals surface area contributed by atoms with Crippen molar-refractivity contribution in [3.8, 4) is 5.88 Å². The number of nitrogens with zero attached hydrogens (tertiary/aromatic N) is 5. The zero-order chi connectivity index (χ0) is 21.2. The van der Waals surface area contributed by atoms with Crippen molar-refractivity contribution in [2.45, 2.75) is 37.1 Å². The number of anilines is 1. The number of rotatable bonds is 6. The van der Waals surface area contributed by atoms with Gasteiger partial charge in [-0.3, -0.25) is 4.68 Å². The van der Waals surface area contributed by atoms with Crippen molar-refractivity contribution < 1.29 is 38.0 Å². The van der Waals surface area contributed by atoms with Crippen LogP contribution in [0.25, 0.3) is 0 Å². The Kier molecular flexibility index (Phi) is 6.16. The fraction of sp³-hybridized carbons (Fsp3) is 0.600. The van der Waals surface area contributed by atoms with E-state index in [0.717, 1.165) is 0 Å². The Morgan fingerprint density at radius 3 is 2.69 bits per heavy atom. The lowest BCUT2D eigenvalue weighted by Gasteiger charge is -2.37. The van der Waals surface area contributed by atoms with Gasteiger partial charge in [0.2, 0.25) is 11.8 Å². The first kappa shape index (κ1) is 21.2. The van der Waals surface area contributed by atoms with E-state index in [4.69, 9.17) is 14.6 Å². The monoisotopic (exact) mass is 420 g/mol. The topological polar surface area (TPSA) is 148 Å². The van der Waals surface area contributed by atoms with Crippen LogP contribution in [0.15, 0.2) is 12.3 Å². The van der Waals surface area contributed by atoms with Gasteiger partial charge in [-0.05, 0) is 0 Å². The molecule has 1 fully saturated rings. The van der Waals surface area contributed by atoms with Crippen molar-refractivity contribution >= 4 is 5.95 Å². The first-order valence-corrected chi connectivity index (χ1v) is 8.46. The van der Waals surface area contributed by atoms with E-state index in [-0.39, 0.29) is 19.1 Å². The maximum absolute atomic E-state index is 13.2. The lowest BCUT2D eigenvalue weighted by molar-refractivity contribution is -0.152. The van der Waals surface area contributed by atoms with Crippen LogP contribution in [0.3, 0.4) is 0 Å². The predicted octanol–water partition coefficient (Wildman–Crippen LogP) is -0.904. The lowest BCUT2D eigenvalue weighted by Crippen LogP contribution is -2.56. The minimum atomic E-state index is -4.77. The van der Waals surface area contributed by atoms with Gasteiger partial charge in [0.25, 0.3) is 0 Å². The quantitative estimate of drug-likeness (QED) is 0.463. The molecule has 160 valence electrons. The van der Waals surface area contributed by atoms with Crippen molar-refractivity contribution in [3.63, 3.8) is 0 Å². The molecule has 2 aromatic rings. The average molecular weight is 420 g/mol. The van der Waals surface area contributed by atoms with Gasteiger partial charge >= 0.3 is 6.18 Å². The first-order valence-electron chi connectivity index (χ1n) is 8.46. The van der Waals surface area contributed by atoms with Crippen molar-refractivity contribution in [1.82, 2.24) is 25.0 Å². The average Bonchev–Trinajstić information content (AvgIpc) is 3.08. The standard InChI is InChI=1S/C15H19F3N6O5/c1-24-3-7(22-23-24)5-29-11-2-10(15(16,17)18)20-14(21-11)19-8-6-28-9(4-25)13(27)12(8)26/h2-3,8-9,12-13,25-27H,4-6H2,1H3,(H,19,20,21)/t8-,9+,12+,13-/m0/s1. The van der Waals surface area contributed by atoms with Crippen LogP contribution in [-0.4, -0.2) is 77.8 Å². The van der Waals surface area contributed by atoms with Gasteiger partial charge in [-0.15, -0.1) is 5.10 Å². The van der Waals surface area contributed by atoms with Crippen molar-refractivity contribution in [3.05, 3.63) is 23.7 Å². The van der Waals surface area contributed by atoms with Crippen LogP contribution in [-0.2, 0) is 24.6 Å². The van der Waals surface area contributed by atoms with E-state index in [1.807, 2.05) is 0 Å². The van der Waals surface area contributed by atoms with Gasteiger partial charge in [0, 0.05) is 13.1 Å². The molecule has 1 saturated heterocycles. The van der Waals surface area contributed by atoms with Crippen molar-refractivity contribution in [2.75, 3.05) is 18.5 Å². The van der Waals surface area contributed by atoms with Gasteiger partial charge in [-0.2, -0.15) is 18.2 Å². The van der Waals surface area contributed by atoms with Gasteiger partial charge in [0.15, 0.2) is 5.69 Å². The van der Waals surface area contributed by atoms with E-state index in [1.165, 1.54) is 10.9 Å². The van der Waals surface area contributed by atoms with Crippen LogP contribution < -0.4 is 10.1 Å². The highest BCUT2D eigenvalue weighted by Crippen LogP contribution is 2.31. The van der Waals surface area contributed by atoms with Crippen LogP contribution in [0.1, 0.15) is 11.4 Å². The molecule has 4 atom stereocenters. The first-order chi connectivity index (χ1) is 13.7. The summed E-state index contributed by atoms with van der Waals surface area (Å²) in [7, 11) is 1.62. The predicted molar refractivity (Wildman–Crippen MR) is 88.6 cm³/mol. The molecule has 3 rings (SSSR count). The van der Waals surface area contributed by atoms with E-state index in [2.05, 4.69) is 25.6 Å². The molecule has 0 radical (unpaired) electrons. The van der Waals surface area contributed by atoms with Crippen molar-refractivity contribution in [1.29, 1.82) is 0 Å². The molecule has 1 aliphatic rings. The van der Waals surface area contributed by atoms with Crippen LogP contribution >= 0.6 is 0 Å². The van der Waals surface area contributed by atoms with Gasteiger partial charge in [0.1, 0.15) is 30.6 Å². The normalized spacial score (nSPS) is 25.1. The Balaban J connectivity index is 1.78. The fourth-order valence-electron chi connectivity index (χ4n) is 2.65. The van der Waals surface area contributed by atoms with Gasteiger partial charge in [-0.1, -0.05) is 5.21 Å². The van der Waals surface area contributed by atoms with Crippen LogP contribution in [0, 0.1) is 0 Å². The summed E-state index contributed by atoms with van der Waals surface area (Å²) in [6, 6.07) is -0.379. The third-order valence-electron chi connectivity index (χ3n) is 4.14. The number of ether oxygens (including phenoxy) is 2. The number of nitrogens with one attached hydrogen (secondary N) is 1. The molecule has 4 N–H and O–H groups in total. The number of halogens is 3. The van der Waals surface area contributed by atoms with E-state index in [9.17, 15) is 23.4 Å². The molecule has 1 aliphatic heterocycles. The Bertz CT molecular complexity index is 835. The summed E-state index contributed by atoms with van der Waals surface area (Å²) < 4.78 is 51.4. The fourth-order valence-corrected chi connectivity index (χ4v) is 2.65. The van der Waals surface area contributed by atoms with Crippen LogP contribution in [0.4, 0.5) is 19.1 Å². The molecular formula is C15H19F3N6O5. The Labute approximate surface area is 162 Å². The Hall–Kier alpha value is -2.55. The molecule has 29 heavy (non-hydrogen) atoms. The smallest absolute Gasteiger partial charge is 0.433 e. The molecule has 0 spiro atoms. The number of hydrogen-bond donors (Lipinski definition) is 4. The molecule has 2 aromatic heterocycles. The van der Waals surface area contributed by atoms with E-state index in [1.54, 1.807) is 7.05 Å². The molecule has 0 aromatic carbocycles. The number of aliphatic hydroxyl groups excluding tert-OH is 3. The summed E-state index contributed by atoms with van der Waals surface area (Å²) in [5.41, 5.74) is -0.882. The highest BCUT2D eigenvalue weighted by atomic mass is 19.4. The number of aliphatic hydroxyl groups is 3. The number of hydrogen-bond acceptors (Lipinski definition) is 10. The largest absolute Gasteiger partial charge is 0.471 e. The molecule has 0 bridgehead atoms. The summed E-state index contributed by atoms with van der Waals surface area (Å²) in [5, 5.41) is 39.1. The third-order valence-corrected chi connectivity index (χ3v) is 4.14. The Morgan fingerprint density at radius 1 is 1.31 bits per heavy atom. The minimum absolute atomic E-state index is 0.173. The Morgan fingerprint density at radius 2 is 2.07 bits per heavy atom. The van der Waals surface area contributed by atoms with E-state index >= 15 is 0 Å². The second-order valence-corrected chi connectivity index (χ2v) is 6.37. The SMILES string of the molecule is Cn1cc(COc2cc(C(F)(F)F)nc(N[C@H]3CO[C@H](CO)[C@H](O)[C@@H]3O)n2)nn1. The van der Waals surface area contributed by atoms with Gasteiger partial charge in [-0.25, -0.2) is 4.98 Å². The zero-order valence-electron chi connectivity index (χ0n) is 15.1. The molecule has 11 nitrogen and oxygen atoms in total. The summed E-state index contributed by atoms with van der Waals surface area (Å²) >= 11 is 0. The summed E-state index contributed by atoms with van der Waals surface area (Å²) in [6.07, 6.45) is -7.11. The maximum atomic E-state index is 13.2. The lowest BCUT2D eigenvalue weighted by atomic mass is 9.98. The molecule has 3 heterocycles. The van der Waals surface area contributed by atoms with E-state index in [0.29, 0.717) is 11.8 Å². The summed E-state index contributed by atoms with van der Waals surface area (Å²) in [6.45, 7) is -0.891. The molecule has 0 unspecified atom stereocenters. The summed E-state index contributed by atoms with van der Waals surface area (Å²) in [4.78, 5) is 7.26. The number of aryl methyl sites for hydroxylation is 1. The maximum Gasteiger partial charge on any atom is 0.433 e. The molecule has 0 saturated carbocycles. The van der Waals surface area contributed by atoms with Crippen LogP contribution in [0.2, 0.25) is 0 Å². The van der Waals surface area contributed by atoms with E-state index < -0.39 is 48.8 Å². The minimum Gasteiger partial charge on any atom is -0.471 e. The molecule has 0 amide bonds. The molecule has 14 heteroatoms. The molecular weight excluding hydrogens is 401 g/mol. The number of aromatic nitrogens is 5. The van der Waals surface area contributed by atoms with Crippen LogP contribution in [0.5, 0.6) is 5.88 Å². The zero-order valence-corrected chi connectivity index (χ0v) is 15.1. The highest BCUT2D eigenvalue weighted by Gasteiger charge is 2.39.